The fourth-order valence-corrected chi connectivity index (χ4v) is 3.87. The number of rotatable bonds is 5. The summed E-state index contributed by atoms with van der Waals surface area (Å²) < 4.78 is 5.17. The first-order valence-corrected chi connectivity index (χ1v) is 8.47. The molecule has 0 aromatic heterocycles. The Morgan fingerprint density at radius 1 is 1.22 bits per heavy atom. The molecule has 1 N–H and O–H groups in total. The van der Waals surface area contributed by atoms with Crippen molar-refractivity contribution in [3.63, 3.8) is 0 Å². The monoisotopic (exact) mass is 319 g/mol. The Balaban J connectivity index is 2.11. The molecule has 0 spiro atoms. The van der Waals surface area contributed by atoms with Crippen molar-refractivity contribution in [3.8, 4) is 5.75 Å². The largest absolute Gasteiger partial charge is 0.497 e. The van der Waals surface area contributed by atoms with Gasteiger partial charge in [-0.25, -0.2) is 0 Å². The zero-order chi connectivity index (χ0) is 17.0. The van der Waals surface area contributed by atoms with Crippen molar-refractivity contribution in [2.45, 2.75) is 39.2 Å². The van der Waals surface area contributed by atoms with Crippen molar-refractivity contribution in [2.24, 2.45) is 17.8 Å². The van der Waals surface area contributed by atoms with Crippen LogP contribution in [-0.2, 0) is 4.79 Å². The minimum absolute atomic E-state index is 0.0750. The van der Waals surface area contributed by atoms with Crippen LogP contribution in [0.2, 0.25) is 0 Å². The molecule has 1 aliphatic carbocycles. The molecule has 0 bridgehead atoms. The third-order valence-electron chi connectivity index (χ3n) is 5.02. The lowest BCUT2D eigenvalue weighted by Gasteiger charge is -2.35. The van der Waals surface area contributed by atoms with Crippen molar-refractivity contribution in [1.82, 2.24) is 4.90 Å². The summed E-state index contributed by atoms with van der Waals surface area (Å²) in [5.74, 6) is 2.18. The minimum Gasteiger partial charge on any atom is -0.497 e. The number of amides is 1. The Bertz CT molecular complexity index is 504. The third-order valence-corrected chi connectivity index (χ3v) is 5.02. The number of hydrogen-bond acceptors (Lipinski definition) is 3. The van der Waals surface area contributed by atoms with E-state index in [4.69, 9.17) is 4.74 Å². The van der Waals surface area contributed by atoms with E-state index in [0.29, 0.717) is 11.8 Å². The van der Waals surface area contributed by atoms with Crippen molar-refractivity contribution in [1.29, 1.82) is 0 Å². The van der Waals surface area contributed by atoms with E-state index in [0.717, 1.165) is 24.2 Å². The van der Waals surface area contributed by atoms with Crippen LogP contribution in [0.5, 0.6) is 5.75 Å². The van der Waals surface area contributed by atoms with Gasteiger partial charge in [0.1, 0.15) is 5.75 Å². The molecule has 1 amide bonds. The maximum Gasteiger partial charge on any atom is 0.226 e. The van der Waals surface area contributed by atoms with E-state index >= 15 is 0 Å². The van der Waals surface area contributed by atoms with Crippen molar-refractivity contribution in [3.05, 3.63) is 29.8 Å². The Hall–Kier alpha value is -1.55. The van der Waals surface area contributed by atoms with Crippen LogP contribution in [0, 0.1) is 17.8 Å². The van der Waals surface area contributed by atoms with E-state index in [1.807, 2.05) is 24.3 Å². The fourth-order valence-electron chi connectivity index (χ4n) is 3.87. The van der Waals surface area contributed by atoms with Crippen molar-refractivity contribution >= 4 is 5.91 Å². The van der Waals surface area contributed by atoms with E-state index in [1.54, 1.807) is 19.1 Å². The molecule has 0 saturated heterocycles. The Labute approximate surface area is 139 Å². The Morgan fingerprint density at radius 2 is 1.78 bits per heavy atom. The molecular weight excluding hydrogens is 290 g/mol. The number of benzene rings is 1. The highest BCUT2D eigenvalue weighted by molar-refractivity contribution is 5.79. The van der Waals surface area contributed by atoms with Gasteiger partial charge in [0.2, 0.25) is 5.91 Å². The summed E-state index contributed by atoms with van der Waals surface area (Å²) >= 11 is 0. The van der Waals surface area contributed by atoms with Gasteiger partial charge in [-0.2, -0.15) is 0 Å². The molecule has 2 rings (SSSR count). The second-order valence-corrected chi connectivity index (χ2v) is 7.04. The summed E-state index contributed by atoms with van der Waals surface area (Å²) in [7, 11) is 3.43. The molecule has 1 aromatic carbocycles. The molecule has 1 aromatic rings. The molecule has 1 fully saturated rings. The molecule has 0 radical (unpaired) electrons. The highest BCUT2D eigenvalue weighted by Gasteiger charge is 2.33. The number of ether oxygens (including phenoxy) is 1. The smallest absolute Gasteiger partial charge is 0.226 e. The predicted octanol–water partition coefficient (Wildman–Crippen LogP) is 3.26. The predicted molar refractivity (Wildman–Crippen MR) is 91.3 cm³/mol. The lowest BCUT2D eigenvalue weighted by molar-refractivity contribution is -0.139. The Morgan fingerprint density at radius 3 is 2.26 bits per heavy atom. The van der Waals surface area contributed by atoms with E-state index in [-0.39, 0.29) is 24.5 Å². The van der Waals surface area contributed by atoms with Gasteiger partial charge < -0.3 is 14.7 Å². The van der Waals surface area contributed by atoms with Gasteiger partial charge in [-0.15, -0.1) is 0 Å². The number of nitrogens with zero attached hydrogens (tertiary/aromatic N) is 1. The molecule has 4 nitrogen and oxygen atoms in total. The molecule has 1 saturated carbocycles. The highest BCUT2D eigenvalue weighted by atomic mass is 16.5. The van der Waals surface area contributed by atoms with E-state index in [1.165, 1.54) is 6.42 Å². The van der Waals surface area contributed by atoms with E-state index in [2.05, 4.69) is 13.8 Å². The van der Waals surface area contributed by atoms with Gasteiger partial charge in [-0.1, -0.05) is 26.0 Å². The van der Waals surface area contributed by atoms with Crippen LogP contribution in [0.25, 0.3) is 0 Å². The van der Waals surface area contributed by atoms with E-state index < -0.39 is 0 Å². The molecule has 0 aliphatic heterocycles. The molecular formula is C19H29NO3. The molecule has 1 aliphatic rings. The number of aliphatic hydroxyl groups excluding tert-OH is 1. The summed E-state index contributed by atoms with van der Waals surface area (Å²) in [6.07, 6.45) is 3.11. The van der Waals surface area contributed by atoms with Gasteiger partial charge >= 0.3 is 0 Å². The van der Waals surface area contributed by atoms with Crippen LogP contribution in [-0.4, -0.2) is 36.7 Å². The molecule has 4 heteroatoms. The van der Waals surface area contributed by atoms with Crippen LogP contribution in [0.15, 0.2) is 24.3 Å². The summed E-state index contributed by atoms with van der Waals surface area (Å²) in [5, 5.41) is 9.80. The topological polar surface area (TPSA) is 49.8 Å². The number of hydrogen-bond donors (Lipinski definition) is 1. The lowest BCUT2D eigenvalue weighted by Crippen LogP contribution is -2.40. The standard InChI is InChI=1S/C19H29NO3/c1-13-9-14(2)11-16(10-13)19(22)20(3)18(12-21)15-5-7-17(23-4)8-6-15/h5-8,13-14,16,18,21H,9-12H2,1-4H3. The van der Waals surface area contributed by atoms with Gasteiger partial charge in [0.15, 0.2) is 0 Å². The van der Waals surface area contributed by atoms with Crippen LogP contribution >= 0.6 is 0 Å². The quantitative estimate of drug-likeness (QED) is 0.906. The average Bonchev–Trinajstić information content (AvgIpc) is 2.54. The van der Waals surface area contributed by atoms with Crippen LogP contribution in [0.1, 0.15) is 44.7 Å². The zero-order valence-electron chi connectivity index (χ0n) is 14.7. The van der Waals surface area contributed by atoms with Gasteiger partial charge in [-0.05, 0) is 48.8 Å². The third kappa shape index (κ3) is 4.25. The van der Waals surface area contributed by atoms with Gasteiger partial charge in [0, 0.05) is 13.0 Å². The first kappa shape index (κ1) is 17.8. The summed E-state index contributed by atoms with van der Waals surface area (Å²) in [6, 6.07) is 7.24. The number of likely N-dealkylation sites (N-methyl/N-ethyl adjacent to an activating group) is 1. The molecule has 0 heterocycles. The highest BCUT2D eigenvalue weighted by Crippen LogP contribution is 2.35. The summed E-state index contributed by atoms with van der Waals surface area (Å²) in [5.41, 5.74) is 0.932. The normalized spacial score (nSPS) is 25.7. The molecule has 23 heavy (non-hydrogen) atoms. The second kappa shape index (κ2) is 7.82. The maximum atomic E-state index is 12.9. The van der Waals surface area contributed by atoms with Crippen LogP contribution in [0.3, 0.4) is 0 Å². The van der Waals surface area contributed by atoms with Crippen molar-refractivity contribution < 1.29 is 14.6 Å². The average molecular weight is 319 g/mol. The minimum atomic E-state index is -0.305. The van der Waals surface area contributed by atoms with E-state index in [9.17, 15) is 9.90 Å². The molecule has 128 valence electrons. The maximum absolute atomic E-state index is 12.9. The zero-order valence-corrected chi connectivity index (χ0v) is 14.7. The summed E-state index contributed by atoms with van der Waals surface area (Å²) in [6.45, 7) is 4.37. The van der Waals surface area contributed by atoms with Crippen molar-refractivity contribution in [2.75, 3.05) is 20.8 Å². The number of aliphatic hydroxyl groups is 1. The number of carbonyl (C=O) groups is 1. The summed E-state index contributed by atoms with van der Waals surface area (Å²) in [4.78, 5) is 14.6. The fraction of sp³-hybridized carbons (Fsp3) is 0.632. The van der Waals surface area contributed by atoms with Gasteiger partial charge in [0.05, 0.1) is 19.8 Å². The SMILES string of the molecule is COc1ccc(C(CO)N(C)C(=O)C2CC(C)CC(C)C2)cc1. The van der Waals surface area contributed by atoms with Gasteiger partial charge in [0.25, 0.3) is 0 Å². The number of methoxy groups -OCH3 is 1. The second-order valence-electron chi connectivity index (χ2n) is 7.04. The van der Waals surface area contributed by atoms with Crippen LogP contribution in [0.4, 0.5) is 0 Å². The molecule has 3 atom stereocenters. The molecule has 3 unspecified atom stereocenters. The first-order chi connectivity index (χ1) is 11.0. The Kier molecular flexibility index (Phi) is 6.05. The van der Waals surface area contributed by atoms with Crippen LogP contribution < -0.4 is 4.74 Å². The van der Waals surface area contributed by atoms with Gasteiger partial charge in [-0.3, -0.25) is 4.79 Å². The lowest BCUT2D eigenvalue weighted by atomic mass is 9.76. The first-order valence-electron chi connectivity index (χ1n) is 8.47. The number of carbonyl (C=O) groups excluding carboxylic acids is 1.